The van der Waals surface area contributed by atoms with Gasteiger partial charge in [-0.3, -0.25) is 0 Å². The van der Waals surface area contributed by atoms with Gasteiger partial charge in [0, 0.05) is 25.0 Å². The minimum absolute atomic E-state index is 0.219. The van der Waals surface area contributed by atoms with Crippen LogP contribution >= 0.6 is 0 Å². The normalized spacial score (nSPS) is 13.1. The Labute approximate surface area is 114 Å². The minimum atomic E-state index is 0.219. The van der Waals surface area contributed by atoms with E-state index in [0.717, 1.165) is 23.6 Å². The fourth-order valence-electron chi connectivity index (χ4n) is 1.90. The van der Waals surface area contributed by atoms with E-state index < -0.39 is 0 Å². The smallest absolute Gasteiger partial charge is 0.152 e. The summed E-state index contributed by atoms with van der Waals surface area (Å²) in [5.41, 5.74) is 2.09. The summed E-state index contributed by atoms with van der Waals surface area (Å²) in [6.45, 7) is 9.76. The summed E-state index contributed by atoms with van der Waals surface area (Å²) in [6.07, 6.45) is 3.64. The van der Waals surface area contributed by atoms with Crippen LogP contribution in [0.2, 0.25) is 0 Å². The van der Waals surface area contributed by atoms with Gasteiger partial charge in [0.1, 0.15) is 5.52 Å². The molecular weight excluding hydrogens is 240 g/mol. The van der Waals surface area contributed by atoms with Crippen molar-refractivity contribution in [2.75, 3.05) is 18.5 Å². The molecule has 1 N–H and O–H groups in total. The predicted octanol–water partition coefficient (Wildman–Crippen LogP) is 2.69. The maximum Gasteiger partial charge on any atom is 0.152 e. The van der Waals surface area contributed by atoms with E-state index in [2.05, 4.69) is 42.2 Å². The molecule has 2 heterocycles. The Hall–Kier alpha value is -1.62. The van der Waals surface area contributed by atoms with Gasteiger partial charge in [-0.15, -0.1) is 0 Å². The second-order valence-corrected chi connectivity index (χ2v) is 5.03. The molecule has 0 aliphatic rings. The van der Waals surface area contributed by atoms with Crippen LogP contribution in [0, 0.1) is 0 Å². The van der Waals surface area contributed by atoms with Crippen LogP contribution in [-0.4, -0.2) is 33.9 Å². The zero-order valence-electron chi connectivity index (χ0n) is 12.1. The van der Waals surface area contributed by atoms with Crippen LogP contribution in [0.15, 0.2) is 18.5 Å². The number of hydrogen-bond acceptors (Lipinski definition) is 4. The molecule has 5 nitrogen and oxygen atoms in total. The van der Waals surface area contributed by atoms with Crippen LogP contribution in [0.5, 0.6) is 0 Å². The van der Waals surface area contributed by atoms with Gasteiger partial charge in [-0.05, 0) is 25.8 Å². The molecular formula is C14H22N4O. The molecule has 104 valence electrons. The monoisotopic (exact) mass is 262 g/mol. The van der Waals surface area contributed by atoms with Gasteiger partial charge in [-0.25, -0.2) is 9.50 Å². The van der Waals surface area contributed by atoms with E-state index in [-0.39, 0.29) is 6.04 Å². The molecule has 5 heteroatoms. The first-order valence-electron chi connectivity index (χ1n) is 6.80. The van der Waals surface area contributed by atoms with E-state index >= 15 is 0 Å². The second kappa shape index (κ2) is 6.02. The number of ether oxygens (including phenoxy) is 1. The Morgan fingerprint density at radius 2 is 2.16 bits per heavy atom. The number of nitrogens with one attached hydrogen (secondary N) is 1. The lowest BCUT2D eigenvalue weighted by Crippen LogP contribution is -2.22. The highest BCUT2D eigenvalue weighted by molar-refractivity contribution is 5.68. The SMILES string of the molecule is CCOCC(C)Nc1nccn2nc(C(C)C)cc12. The summed E-state index contributed by atoms with van der Waals surface area (Å²) in [7, 11) is 0. The zero-order valence-corrected chi connectivity index (χ0v) is 12.1. The van der Waals surface area contributed by atoms with E-state index in [4.69, 9.17) is 4.74 Å². The average molecular weight is 262 g/mol. The molecule has 0 amide bonds. The van der Waals surface area contributed by atoms with E-state index in [9.17, 15) is 0 Å². The molecule has 2 aromatic heterocycles. The van der Waals surface area contributed by atoms with Crippen LogP contribution in [0.1, 0.15) is 39.3 Å². The van der Waals surface area contributed by atoms with E-state index in [0.29, 0.717) is 12.5 Å². The van der Waals surface area contributed by atoms with Gasteiger partial charge in [0.2, 0.25) is 0 Å². The average Bonchev–Trinajstić information content (AvgIpc) is 2.81. The second-order valence-electron chi connectivity index (χ2n) is 5.03. The maximum absolute atomic E-state index is 5.41. The van der Waals surface area contributed by atoms with Crippen LogP contribution in [0.3, 0.4) is 0 Å². The van der Waals surface area contributed by atoms with Gasteiger partial charge < -0.3 is 10.1 Å². The van der Waals surface area contributed by atoms with Gasteiger partial charge in [0.15, 0.2) is 5.82 Å². The van der Waals surface area contributed by atoms with Crippen molar-refractivity contribution in [1.82, 2.24) is 14.6 Å². The quantitative estimate of drug-likeness (QED) is 0.869. The Morgan fingerprint density at radius 3 is 2.84 bits per heavy atom. The van der Waals surface area contributed by atoms with Crippen molar-refractivity contribution in [1.29, 1.82) is 0 Å². The fraction of sp³-hybridized carbons (Fsp3) is 0.571. The zero-order chi connectivity index (χ0) is 13.8. The van der Waals surface area contributed by atoms with Crippen molar-refractivity contribution in [2.24, 2.45) is 0 Å². The molecule has 0 saturated carbocycles. The van der Waals surface area contributed by atoms with Gasteiger partial charge in [-0.2, -0.15) is 5.10 Å². The number of rotatable bonds is 6. The molecule has 1 atom stereocenters. The largest absolute Gasteiger partial charge is 0.380 e. The predicted molar refractivity (Wildman–Crippen MR) is 76.7 cm³/mol. The van der Waals surface area contributed by atoms with Gasteiger partial charge in [0.05, 0.1) is 12.3 Å². The van der Waals surface area contributed by atoms with E-state index in [1.54, 1.807) is 6.20 Å². The molecule has 0 aromatic carbocycles. The molecule has 0 fully saturated rings. The Kier molecular flexibility index (Phi) is 4.37. The molecule has 2 rings (SSSR count). The molecule has 0 spiro atoms. The van der Waals surface area contributed by atoms with E-state index in [1.807, 2.05) is 17.6 Å². The first-order chi connectivity index (χ1) is 9.11. The lowest BCUT2D eigenvalue weighted by molar-refractivity contribution is 0.141. The third-order valence-electron chi connectivity index (χ3n) is 2.96. The van der Waals surface area contributed by atoms with Crippen molar-refractivity contribution in [3.05, 3.63) is 24.2 Å². The Bertz CT molecular complexity index is 535. The molecule has 0 radical (unpaired) electrons. The number of fused-ring (bicyclic) bond motifs is 1. The summed E-state index contributed by atoms with van der Waals surface area (Å²) in [4.78, 5) is 4.40. The lowest BCUT2D eigenvalue weighted by atomic mass is 10.1. The van der Waals surface area contributed by atoms with E-state index in [1.165, 1.54) is 0 Å². The number of aromatic nitrogens is 3. The molecule has 0 bridgehead atoms. The highest BCUT2D eigenvalue weighted by atomic mass is 16.5. The van der Waals surface area contributed by atoms with Gasteiger partial charge >= 0.3 is 0 Å². The van der Waals surface area contributed by atoms with Crippen LogP contribution < -0.4 is 5.32 Å². The summed E-state index contributed by atoms with van der Waals surface area (Å²) in [6, 6.07) is 2.31. The van der Waals surface area contributed by atoms with Crippen molar-refractivity contribution < 1.29 is 4.74 Å². The molecule has 2 aromatic rings. The van der Waals surface area contributed by atoms with Crippen LogP contribution in [0.25, 0.3) is 5.52 Å². The maximum atomic E-state index is 5.41. The number of anilines is 1. The molecule has 19 heavy (non-hydrogen) atoms. The summed E-state index contributed by atoms with van der Waals surface area (Å²) < 4.78 is 7.28. The third kappa shape index (κ3) is 3.23. The molecule has 0 saturated heterocycles. The Balaban J connectivity index is 2.22. The molecule has 0 aliphatic heterocycles. The highest BCUT2D eigenvalue weighted by Gasteiger charge is 2.11. The number of nitrogens with zero attached hydrogens (tertiary/aromatic N) is 3. The van der Waals surface area contributed by atoms with Crippen molar-refractivity contribution in [3.63, 3.8) is 0 Å². The fourth-order valence-corrected chi connectivity index (χ4v) is 1.90. The molecule has 1 unspecified atom stereocenters. The summed E-state index contributed by atoms with van der Waals surface area (Å²) in [5.74, 6) is 1.27. The summed E-state index contributed by atoms with van der Waals surface area (Å²) in [5, 5.41) is 7.92. The lowest BCUT2D eigenvalue weighted by Gasteiger charge is -2.14. The highest BCUT2D eigenvalue weighted by Crippen LogP contribution is 2.20. The van der Waals surface area contributed by atoms with Crippen LogP contribution in [0.4, 0.5) is 5.82 Å². The molecule has 0 aliphatic carbocycles. The first-order valence-corrected chi connectivity index (χ1v) is 6.80. The standard InChI is InChI=1S/C14H22N4O/c1-5-19-9-11(4)16-14-13-8-12(10(2)3)17-18(13)7-6-15-14/h6-8,10-11H,5,9H2,1-4H3,(H,15,16). The van der Waals surface area contributed by atoms with Crippen molar-refractivity contribution in [2.45, 2.75) is 39.7 Å². The van der Waals surface area contributed by atoms with Gasteiger partial charge in [-0.1, -0.05) is 13.8 Å². The van der Waals surface area contributed by atoms with Crippen molar-refractivity contribution >= 4 is 11.3 Å². The Morgan fingerprint density at radius 1 is 1.37 bits per heavy atom. The minimum Gasteiger partial charge on any atom is -0.380 e. The van der Waals surface area contributed by atoms with Crippen molar-refractivity contribution in [3.8, 4) is 0 Å². The summed E-state index contributed by atoms with van der Waals surface area (Å²) >= 11 is 0. The topological polar surface area (TPSA) is 51.5 Å². The third-order valence-corrected chi connectivity index (χ3v) is 2.96. The van der Waals surface area contributed by atoms with Crippen LogP contribution in [-0.2, 0) is 4.74 Å². The number of hydrogen-bond donors (Lipinski definition) is 1. The first kappa shape index (κ1) is 13.8. The van der Waals surface area contributed by atoms with Gasteiger partial charge in [0.25, 0.3) is 0 Å².